The van der Waals surface area contributed by atoms with Crippen molar-refractivity contribution in [1.82, 2.24) is 14.7 Å². The van der Waals surface area contributed by atoms with E-state index in [1.54, 1.807) is 28.9 Å². The third-order valence-corrected chi connectivity index (χ3v) is 6.75. The molecule has 0 atom stereocenters. The van der Waals surface area contributed by atoms with Crippen LogP contribution in [0.2, 0.25) is 10.0 Å². The van der Waals surface area contributed by atoms with Crippen LogP contribution in [0.15, 0.2) is 72.8 Å². The first-order valence-corrected chi connectivity index (χ1v) is 12.9. The van der Waals surface area contributed by atoms with E-state index in [2.05, 4.69) is 10.6 Å². The molecule has 0 aliphatic heterocycles. The average Bonchev–Trinajstić information content (AvgIpc) is 3.29. The molecule has 0 spiro atoms. The summed E-state index contributed by atoms with van der Waals surface area (Å²) in [5.41, 5.74) is 4.94. The third-order valence-electron chi connectivity index (χ3n) is 6.02. The average molecular weight is 550 g/mol. The smallest absolute Gasteiger partial charge is 0.313 e. The first-order valence-electron chi connectivity index (χ1n) is 12.2. The van der Waals surface area contributed by atoms with E-state index >= 15 is 0 Å². The van der Waals surface area contributed by atoms with E-state index in [0.717, 1.165) is 16.7 Å². The van der Waals surface area contributed by atoms with Crippen LogP contribution in [0.1, 0.15) is 25.0 Å². The van der Waals surface area contributed by atoms with Gasteiger partial charge in [0.05, 0.1) is 21.4 Å². The normalized spacial score (nSPS) is 10.9. The second kappa shape index (κ2) is 11.7. The summed E-state index contributed by atoms with van der Waals surface area (Å²) >= 11 is 12.4. The minimum absolute atomic E-state index is 0.151. The van der Waals surface area contributed by atoms with Gasteiger partial charge in [-0.25, -0.2) is 9.48 Å². The number of amides is 3. The molecule has 9 heteroatoms. The number of halogens is 2. The largest absolute Gasteiger partial charge is 0.322 e. The summed E-state index contributed by atoms with van der Waals surface area (Å²) in [6, 6.07) is 21.8. The maximum Gasteiger partial charge on any atom is 0.322 e. The molecule has 3 amide bonds. The van der Waals surface area contributed by atoms with Crippen LogP contribution in [0.3, 0.4) is 0 Å². The summed E-state index contributed by atoms with van der Waals surface area (Å²) in [7, 11) is 0. The molecule has 0 aliphatic carbocycles. The Bertz CT molecular complexity index is 1470. The van der Waals surface area contributed by atoms with E-state index in [9.17, 15) is 9.59 Å². The van der Waals surface area contributed by atoms with Crippen LogP contribution in [-0.4, -0.2) is 39.2 Å². The van der Waals surface area contributed by atoms with Crippen LogP contribution in [0, 0.1) is 13.8 Å². The van der Waals surface area contributed by atoms with Gasteiger partial charge in [-0.2, -0.15) is 5.10 Å². The molecule has 0 bridgehead atoms. The van der Waals surface area contributed by atoms with Crippen molar-refractivity contribution in [3.63, 3.8) is 0 Å². The predicted molar refractivity (Wildman–Crippen MR) is 154 cm³/mol. The van der Waals surface area contributed by atoms with Gasteiger partial charge in [0, 0.05) is 23.4 Å². The highest BCUT2D eigenvalue weighted by Crippen LogP contribution is 2.29. The molecule has 0 saturated heterocycles. The second-order valence-electron chi connectivity index (χ2n) is 9.31. The van der Waals surface area contributed by atoms with E-state index in [0.29, 0.717) is 32.9 Å². The number of urea groups is 1. The van der Waals surface area contributed by atoms with Crippen LogP contribution in [0.4, 0.5) is 16.3 Å². The van der Waals surface area contributed by atoms with Gasteiger partial charge < -0.3 is 15.5 Å². The van der Waals surface area contributed by atoms with Crippen LogP contribution in [-0.2, 0) is 4.79 Å². The number of aromatic nitrogens is 2. The molecule has 3 aromatic carbocycles. The van der Waals surface area contributed by atoms with Crippen LogP contribution in [0.25, 0.3) is 16.9 Å². The van der Waals surface area contributed by atoms with Crippen molar-refractivity contribution < 1.29 is 9.59 Å². The van der Waals surface area contributed by atoms with Gasteiger partial charge in [0.1, 0.15) is 12.4 Å². The summed E-state index contributed by atoms with van der Waals surface area (Å²) in [6.45, 7) is 7.51. The molecule has 0 fully saturated rings. The van der Waals surface area contributed by atoms with E-state index < -0.39 is 0 Å². The van der Waals surface area contributed by atoms with Crippen molar-refractivity contribution in [2.75, 3.05) is 17.2 Å². The summed E-state index contributed by atoms with van der Waals surface area (Å²) < 4.78 is 1.60. The van der Waals surface area contributed by atoms with Crippen molar-refractivity contribution in [1.29, 1.82) is 0 Å². The molecule has 196 valence electrons. The fourth-order valence-corrected chi connectivity index (χ4v) is 4.29. The van der Waals surface area contributed by atoms with Crippen molar-refractivity contribution in [2.45, 2.75) is 33.7 Å². The number of rotatable bonds is 7. The Morgan fingerprint density at radius 2 is 1.66 bits per heavy atom. The number of aryl methyl sites for hydroxylation is 2. The number of nitrogens with zero attached hydrogens (tertiary/aromatic N) is 3. The van der Waals surface area contributed by atoms with Crippen molar-refractivity contribution in [3.8, 4) is 16.9 Å². The standard InChI is InChI=1S/C29H29Cl2N5O2/c1-18(2)35(29(38)32-25-13-10-19(3)14-20(25)4)17-28(37)33-27-16-26(21-8-6-5-7-9-21)34-36(27)22-11-12-23(30)24(31)15-22/h5-16,18H,17H2,1-4H3,(H,32,38)(H,33,37). The maximum absolute atomic E-state index is 13.2. The second-order valence-corrected chi connectivity index (χ2v) is 10.1. The molecule has 2 N–H and O–H groups in total. The zero-order valence-electron chi connectivity index (χ0n) is 21.6. The highest BCUT2D eigenvalue weighted by atomic mass is 35.5. The first-order chi connectivity index (χ1) is 18.1. The molecule has 0 saturated carbocycles. The van der Waals surface area contributed by atoms with Gasteiger partial charge in [0.25, 0.3) is 0 Å². The van der Waals surface area contributed by atoms with Crippen LogP contribution < -0.4 is 10.6 Å². The number of benzene rings is 3. The van der Waals surface area contributed by atoms with Crippen LogP contribution in [0.5, 0.6) is 0 Å². The fourth-order valence-electron chi connectivity index (χ4n) is 4.00. The number of hydrogen-bond donors (Lipinski definition) is 2. The van der Waals surface area contributed by atoms with Gasteiger partial charge in [-0.1, -0.05) is 71.2 Å². The van der Waals surface area contributed by atoms with E-state index in [1.807, 2.05) is 76.2 Å². The Morgan fingerprint density at radius 1 is 0.921 bits per heavy atom. The summed E-state index contributed by atoms with van der Waals surface area (Å²) in [5, 5.41) is 11.3. The molecule has 4 aromatic rings. The van der Waals surface area contributed by atoms with Gasteiger partial charge in [-0.3, -0.25) is 4.79 Å². The van der Waals surface area contributed by atoms with Crippen LogP contribution >= 0.6 is 23.2 Å². The number of anilines is 2. The number of hydrogen-bond acceptors (Lipinski definition) is 3. The van der Waals surface area contributed by atoms with Crippen molar-refractivity contribution >= 4 is 46.6 Å². The van der Waals surface area contributed by atoms with Gasteiger partial charge in [0.15, 0.2) is 0 Å². The van der Waals surface area contributed by atoms with Gasteiger partial charge >= 0.3 is 6.03 Å². The SMILES string of the molecule is Cc1ccc(NC(=O)N(CC(=O)Nc2cc(-c3ccccc3)nn2-c2ccc(Cl)c(Cl)c2)C(C)C)c(C)c1. The summed E-state index contributed by atoms with van der Waals surface area (Å²) in [6.07, 6.45) is 0. The molecule has 0 aliphatic rings. The van der Waals surface area contributed by atoms with Gasteiger partial charge in [-0.15, -0.1) is 0 Å². The quantitative estimate of drug-likeness (QED) is 0.253. The Morgan fingerprint density at radius 3 is 2.32 bits per heavy atom. The zero-order chi connectivity index (χ0) is 27.4. The molecule has 7 nitrogen and oxygen atoms in total. The fraction of sp³-hybridized carbons (Fsp3) is 0.207. The summed E-state index contributed by atoms with van der Waals surface area (Å²) in [5.74, 6) is 0.0704. The Labute approximate surface area is 232 Å². The van der Waals surface area contributed by atoms with E-state index in [4.69, 9.17) is 28.3 Å². The molecule has 0 radical (unpaired) electrons. The number of nitrogens with one attached hydrogen (secondary N) is 2. The third kappa shape index (κ3) is 6.36. The lowest BCUT2D eigenvalue weighted by Crippen LogP contribution is -2.44. The van der Waals surface area contributed by atoms with E-state index in [1.165, 1.54) is 4.90 Å². The topological polar surface area (TPSA) is 79.3 Å². The van der Waals surface area contributed by atoms with Gasteiger partial charge in [-0.05, 0) is 57.5 Å². The van der Waals surface area contributed by atoms with Crippen molar-refractivity contribution in [3.05, 3.63) is 94.0 Å². The predicted octanol–water partition coefficient (Wildman–Crippen LogP) is 7.34. The monoisotopic (exact) mass is 549 g/mol. The lowest BCUT2D eigenvalue weighted by atomic mass is 10.1. The van der Waals surface area contributed by atoms with Crippen molar-refractivity contribution in [2.24, 2.45) is 0 Å². The molecule has 0 unspecified atom stereocenters. The molecule has 4 rings (SSSR count). The molecular formula is C29H29Cl2N5O2. The molecule has 1 aromatic heterocycles. The van der Waals surface area contributed by atoms with Gasteiger partial charge in [0.2, 0.25) is 5.91 Å². The lowest BCUT2D eigenvalue weighted by molar-refractivity contribution is -0.117. The minimum Gasteiger partial charge on any atom is -0.313 e. The Kier molecular flexibility index (Phi) is 8.39. The molecular weight excluding hydrogens is 521 g/mol. The molecule has 1 heterocycles. The highest BCUT2D eigenvalue weighted by molar-refractivity contribution is 6.42. The minimum atomic E-state index is -0.365. The highest BCUT2D eigenvalue weighted by Gasteiger charge is 2.22. The first kappa shape index (κ1) is 27.2. The Balaban J connectivity index is 1.58. The Hall–Kier alpha value is -3.81. The maximum atomic E-state index is 13.2. The number of carbonyl (C=O) groups is 2. The zero-order valence-corrected chi connectivity index (χ0v) is 23.1. The molecule has 38 heavy (non-hydrogen) atoms. The summed E-state index contributed by atoms with van der Waals surface area (Å²) in [4.78, 5) is 27.8. The van der Waals surface area contributed by atoms with E-state index in [-0.39, 0.29) is 24.5 Å². The number of carbonyl (C=O) groups excluding carboxylic acids is 2. The lowest BCUT2D eigenvalue weighted by Gasteiger charge is -2.26.